The zero-order valence-electron chi connectivity index (χ0n) is 12.8. The fourth-order valence-electron chi connectivity index (χ4n) is 1.94. The van der Waals surface area contributed by atoms with Crippen LogP contribution in [-0.2, 0) is 0 Å². The largest absolute Gasteiger partial charge is 0.508 e. The van der Waals surface area contributed by atoms with Gasteiger partial charge in [0.15, 0.2) is 0 Å². The van der Waals surface area contributed by atoms with Gasteiger partial charge < -0.3 is 15.1 Å². The van der Waals surface area contributed by atoms with Gasteiger partial charge in [0.25, 0.3) is 5.91 Å². The topological polar surface area (TPSA) is 85.2 Å². The van der Waals surface area contributed by atoms with Crippen LogP contribution >= 0.6 is 0 Å². The first-order chi connectivity index (χ1) is 11.1. The Morgan fingerprint density at radius 3 is 2.43 bits per heavy atom. The molecule has 6 heteroatoms. The molecule has 0 atom stereocenters. The number of phenols is 1. The second-order valence-corrected chi connectivity index (χ2v) is 4.98. The third-order valence-corrected chi connectivity index (χ3v) is 3.28. The summed E-state index contributed by atoms with van der Waals surface area (Å²) in [4.78, 5) is 13.8. The number of hydrazone groups is 1. The van der Waals surface area contributed by atoms with Crippen LogP contribution in [0.25, 0.3) is 0 Å². The van der Waals surface area contributed by atoms with E-state index in [4.69, 9.17) is 5.11 Å². The van der Waals surface area contributed by atoms with Crippen molar-refractivity contribution in [3.8, 4) is 5.75 Å². The third-order valence-electron chi connectivity index (χ3n) is 3.28. The molecule has 0 saturated carbocycles. The van der Waals surface area contributed by atoms with Crippen LogP contribution in [0.5, 0.6) is 5.75 Å². The summed E-state index contributed by atoms with van der Waals surface area (Å²) in [5.41, 5.74) is 4.68. The molecular formula is C17H19N3O3. The zero-order chi connectivity index (χ0) is 16.7. The fourth-order valence-corrected chi connectivity index (χ4v) is 1.94. The molecule has 0 unspecified atom stereocenters. The summed E-state index contributed by atoms with van der Waals surface area (Å²) >= 11 is 0. The van der Waals surface area contributed by atoms with Gasteiger partial charge in [-0.15, -0.1) is 0 Å². The molecule has 23 heavy (non-hydrogen) atoms. The van der Waals surface area contributed by atoms with Crippen LogP contribution < -0.4 is 10.3 Å². The highest BCUT2D eigenvalue weighted by molar-refractivity contribution is 5.95. The molecule has 3 N–H and O–H groups in total. The van der Waals surface area contributed by atoms with E-state index in [0.717, 1.165) is 11.3 Å². The van der Waals surface area contributed by atoms with Crippen molar-refractivity contribution in [1.29, 1.82) is 0 Å². The molecule has 6 nitrogen and oxygen atoms in total. The molecule has 0 aliphatic rings. The van der Waals surface area contributed by atoms with Gasteiger partial charge in [-0.1, -0.05) is 12.1 Å². The maximum absolute atomic E-state index is 11.8. The molecule has 0 aromatic heterocycles. The number of aromatic hydroxyl groups is 1. The lowest BCUT2D eigenvalue weighted by Crippen LogP contribution is -2.20. The molecule has 2 aromatic carbocycles. The number of nitrogens with one attached hydrogen (secondary N) is 1. The lowest BCUT2D eigenvalue weighted by molar-refractivity contribution is 0.0955. The fraction of sp³-hybridized carbons (Fsp3) is 0.176. The number of nitrogens with zero attached hydrogens (tertiary/aromatic N) is 2. The van der Waals surface area contributed by atoms with Gasteiger partial charge in [-0.25, -0.2) is 5.43 Å². The molecule has 2 rings (SSSR count). The van der Waals surface area contributed by atoms with Gasteiger partial charge >= 0.3 is 0 Å². The molecule has 0 fully saturated rings. The van der Waals surface area contributed by atoms with Gasteiger partial charge in [0.1, 0.15) is 5.75 Å². The summed E-state index contributed by atoms with van der Waals surface area (Å²) in [5, 5.41) is 22.0. The van der Waals surface area contributed by atoms with Crippen LogP contribution in [0, 0.1) is 0 Å². The smallest absolute Gasteiger partial charge is 0.271 e. The van der Waals surface area contributed by atoms with Crippen molar-refractivity contribution in [2.24, 2.45) is 5.10 Å². The van der Waals surface area contributed by atoms with Crippen molar-refractivity contribution in [2.45, 2.75) is 0 Å². The molecule has 120 valence electrons. The summed E-state index contributed by atoms with van der Waals surface area (Å²) in [5.74, 6) is -0.239. The molecule has 0 spiro atoms. The van der Waals surface area contributed by atoms with E-state index in [0.29, 0.717) is 12.1 Å². The van der Waals surface area contributed by atoms with Crippen molar-refractivity contribution in [3.63, 3.8) is 0 Å². The first-order valence-corrected chi connectivity index (χ1v) is 7.14. The molecule has 0 aliphatic heterocycles. The Bertz CT molecular complexity index is 666. The van der Waals surface area contributed by atoms with E-state index >= 15 is 0 Å². The van der Waals surface area contributed by atoms with Gasteiger partial charge in [0.05, 0.1) is 12.8 Å². The molecule has 0 heterocycles. The van der Waals surface area contributed by atoms with E-state index in [1.807, 2.05) is 36.2 Å². The number of phenolic OH excluding ortho intramolecular Hbond substituents is 1. The Morgan fingerprint density at radius 1 is 1.17 bits per heavy atom. The van der Waals surface area contributed by atoms with Crippen molar-refractivity contribution in [3.05, 3.63) is 59.7 Å². The van der Waals surface area contributed by atoms with E-state index in [1.54, 1.807) is 6.21 Å². The minimum Gasteiger partial charge on any atom is -0.508 e. The minimum absolute atomic E-state index is 0.100. The Kier molecular flexibility index (Phi) is 5.71. The van der Waals surface area contributed by atoms with Crippen molar-refractivity contribution in [2.75, 3.05) is 25.1 Å². The Balaban J connectivity index is 1.92. The molecule has 1 amide bonds. The van der Waals surface area contributed by atoms with E-state index in [9.17, 15) is 9.90 Å². The van der Waals surface area contributed by atoms with Gasteiger partial charge in [-0.05, 0) is 42.0 Å². The minimum atomic E-state index is -0.347. The van der Waals surface area contributed by atoms with Crippen molar-refractivity contribution >= 4 is 17.8 Å². The van der Waals surface area contributed by atoms with Crippen LogP contribution in [0.15, 0.2) is 53.6 Å². The standard InChI is InChI=1S/C17H19N3O3/c1-20(10-11-21)15-6-2-13(3-7-15)12-18-19-17(23)14-4-8-16(22)9-5-14/h2-9,12,21-22H,10-11H2,1H3,(H,19,23). The third kappa shape index (κ3) is 4.82. The van der Waals surface area contributed by atoms with Crippen LogP contribution in [0.4, 0.5) is 5.69 Å². The lowest BCUT2D eigenvalue weighted by Gasteiger charge is -2.17. The number of carbonyl (C=O) groups excluding carboxylic acids is 1. The van der Waals surface area contributed by atoms with Crippen LogP contribution in [0.3, 0.4) is 0 Å². The van der Waals surface area contributed by atoms with Gasteiger partial charge in [0.2, 0.25) is 0 Å². The van der Waals surface area contributed by atoms with E-state index < -0.39 is 0 Å². The molecule has 0 saturated heterocycles. The number of hydrogen-bond donors (Lipinski definition) is 3. The van der Waals surface area contributed by atoms with Gasteiger partial charge in [0, 0.05) is 24.8 Å². The number of benzene rings is 2. The Morgan fingerprint density at radius 2 is 1.83 bits per heavy atom. The SMILES string of the molecule is CN(CCO)c1ccc(C=NNC(=O)c2ccc(O)cc2)cc1. The molecular weight excluding hydrogens is 294 g/mol. The second-order valence-electron chi connectivity index (χ2n) is 4.98. The van der Waals surface area contributed by atoms with Gasteiger partial charge in [-0.3, -0.25) is 4.79 Å². The predicted octanol–water partition coefficient (Wildman–Crippen LogP) is 1.58. The highest BCUT2D eigenvalue weighted by atomic mass is 16.3. The highest BCUT2D eigenvalue weighted by Gasteiger charge is 2.03. The molecule has 0 aliphatic carbocycles. The summed E-state index contributed by atoms with van der Waals surface area (Å²) in [7, 11) is 1.90. The zero-order valence-corrected chi connectivity index (χ0v) is 12.8. The summed E-state index contributed by atoms with van der Waals surface area (Å²) < 4.78 is 0. The maximum atomic E-state index is 11.8. The molecule has 0 bridgehead atoms. The quantitative estimate of drug-likeness (QED) is 0.558. The first-order valence-electron chi connectivity index (χ1n) is 7.14. The average molecular weight is 313 g/mol. The van der Waals surface area contributed by atoms with Crippen molar-refractivity contribution in [1.82, 2.24) is 5.43 Å². The number of anilines is 1. The summed E-state index contributed by atoms with van der Waals surface area (Å²) in [6.07, 6.45) is 1.55. The van der Waals surface area contributed by atoms with Crippen LogP contribution in [-0.4, -0.2) is 42.5 Å². The van der Waals surface area contributed by atoms with Gasteiger partial charge in [-0.2, -0.15) is 5.10 Å². The summed E-state index contributed by atoms with van der Waals surface area (Å²) in [6, 6.07) is 13.5. The Labute approximate surface area is 134 Å². The van der Waals surface area contributed by atoms with E-state index in [-0.39, 0.29) is 18.3 Å². The second kappa shape index (κ2) is 7.95. The maximum Gasteiger partial charge on any atom is 0.271 e. The lowest BCUT2D eigenvalue weighted by atomic mass is 10.2. The van der Waals surface area contributed by atoms with E-state index in [2.05, 4.69) is 10.5 Å². The number of aliphatic hydroxyl groups is 1. The number of carbonyl (C=O) groups is 1. The monoisotopic (exact) mass is 313 g/mol. The average Bonchev–Trinajstić information content (AvgIpc) is 2.56. The summed E-state index contributed by atoms with van der Waals surface area (Å²) in [6.45, 7) is 0.666. The van der Waals surface area contributed by atoms with Crippen molar-refractivity contribution < 1.29 is 15.0 Å². The van der Waals surface area contributed by atoms with E-state index in [1.165, 1.54) is 24.3 Å². The number of rotatable bonds is 6. The predicted molar refractivity (Wildman–Crippen MR) is 90.0 cm³/mol. The van der Waals surface area contributed by atoms with Crippen LogP contribution in [0.1, 0.15) is 15.9 Å². The highest BCUT2D eigenvalue weighted by Crippen LogP contribution is 2.12. The Hall–Kier alpha value is -2.86. The number of likely N-dealkylation sites (N-methyl/N-ethyl adjacent to an activating group) is 1. The first kappa shape index (κ1) is 16.5. The normalized spacial score (nSPS) is 10.7. The van der Waals surface area contributed by atoms with Crippen LogP contribution in [0.2, 0.25) is 0 Å². The number of aliphatic hydroxyl groups excluding tert-OH is 1. The number of amides is 1. The number of hydrogen-bond acceptors (Lipinski definition) is 5. The molecule has 2 aromatic rings. The molecule has 0 radical (unpaired) electrons.